The lowest BCUT2D eigenvalue weighted by Gasteiger charge is -2.46. The fourth-order valence-corrected chi connectivity index (χ4v) is 5.25. The number of likely N-dealkylation sites (tertiary alicyclic amines) is 1. The van der Waals surface area contributed by atoms with E-state index in [-0.39, 0.29) is 11.5 Å². The van der Waals surface area contributed by atoms with E-state index in [2.05, 4.69) is 29.2 Å². The number of carbonyl (C=O) groups excluding carboxylic acids is 1. The smallest absolute Gasteiger partial charge is 0.253 e. The van der Waals surface area contributed by atoms with Crippen LogP contribution in [-0.4, -0.2) is 47.7 Å². The van der Waals surface area contributed by atoms with Crippen molar-refractivity contribution in [2.24, 2.45) is 5.92 Å². The van der Waals surface area contributed by atoms with Gasteiger partial charge in [0.2, 0.25) is 0 Å². The molecule has 1 amide bonds. The van der Waals surface area contributed by atoms with Crippen LogP contribution in [0.1, 0.15) is 48.0 Å². The summed E-state index contributed by atoms with van der Waals surface area (Å²) in [5.41, 5.74) is 2.80. The lowest BCUT2D eigenvalue weighted by molar-refractivity contribution is -0.126. The molecule has 3 heterocycles. The molecule has 0 aliphatic carbocycles. The average molecular weight is 445 g/mol. The first kappa shape index (κ1) is 22.1. The number of rotatable bonds is 6. The molecule has 0 N–H and O–H groups in total. The number of ether oxygens (including phenoxy) is 2. The Bertz CT molecular complexity index is 1080. The molecule has 2 fully saturated rings. The monoisotopic (exact) mass is 444 g/mol. The molecule has 1 unspecified atom stereocenters. The van der Waals surface area contributed by atoms with Gasteiger partial charge in [0.1, 0.15) is 0 Å². The van der Waals surface area contributed by atoms with Crippen LogP contribution in [0.25, 0.3) is 10.9 Å². The van der Waals surface area contributed by atoms with Crippen molar-refractivity contribution in [1.82, 2.24) is 9.88 Å². The summed E-state index contributed by atoms with van der Waals surface area (Å²) in [6, 6.07) is 20.0. The number of benzene rings is 2. The summed E-state index contributed by atoms with van der Waals surface area (Å²) in [6.07, 6.45) is 6.85. The molecule has 1 spiro atoms. The van der Waals surface area contributed by atoms with Crippen molar-refractivity contribution in [1.29, 1.82) is 0 Å². The first-order valence-electron chi connectivity index (χ1n) is 12.1. The van der Waals surface area contributed by atoms with E-state index in [4.69, 9.17) is 9.47 Å². The van der Waals surface area contributed by atoms with Gasteiger partial charge in [-0.05, 0) is 67.9 Å². The van der Waals surface area contributed by atoms with Gasteiger partial charge < -0.3 is 14.4 Å². The Labute approximate surface area is 195 Å². The number of hydrogen-bond acceptors (Lipinski definition) is 4. The Balaban J connectivity index is 1.12. The molecule has 0 saturated carbocycles. The zero-order valence-corrected chi connectivity index (χ0v) is 19.1. The molecule has 1 aromatic heterocycles. The van der Waals surface area contributed by atoms with Gasteiger partial charge in [-0.2, -0.15) is 0 Å². The van der Waals surface area contributed by atoms with Gasteiger partial charge in [-0.3, -0.25) is 9.78 Å². The van der Waals surface area contributed by atoms with E-state index in [1.807, 2.05) is 41.3 Å². The second-order valence-electron chi connectivity index (χ2n) is 9.42. The van der Waals surface area contributed by atoms with Crippen LogP contribution >= 0.6 is 0 Å². The minimum atomic E-state index is -0.0770. The van der Waals surface area contributed by atoms with E-state index in [1.165, 1.54) is 5.56 Å². The number of fused-ring (bicyclic) bond motifs is 1. The SMILES string of the molecule is O=C(c1ccc2ncccc2c1)N1CCC2(CC1)CC(CCOCc1ccccc1)CCO2. The highest BCUT2D eigenvalue weighted by molar-refractivity contribution is 5.98. The summed E-state index contributed by atoms with van der Waals surface area (Å²) < 4.78 is 12.2. The fraction of sp³-hybridized carbons (Fsp3) is 0.429. The Morgan fingerprint density at radius 2 is 1.94 bits per heavy atom. The average Bonchev–Trinajstić information content (AvgIpc) is 2.87. The van der Waals surface area contributed by atoms with Crippen LogP contribution in [0.4, 0.5) is 0 Å². The van der Waals surface area contributed by atoms with Gasteiger partial charge in [0, 0.05) is 43.4 Å². The Morgan fingerprint density at radius 3 is 2.79 bits per heavy atom. The zero-order chi connectivity index (χ0) is 22.5. The molecule has 2 aliphatic rings. The van der Waals surface area contributed by atoms with Crippen molar-refractivity contribution in [2.75, 3.05) is 26.3 Å². The van der Waals surface area contributed by atoms with E-state index in [9.17, 15) is 4.79 Å². The maximum Gasteiger partial charge on any atom is 0.253 e. The maximum absolute atomic E-state index is 13.1. The molecule has 33 heavy (non-hydrogen) atoms. The first-order chi connectivity index (χ1) is 16.2. The number of piperidine rings is 1. The van der Waals surface area contributed by atoms with E-state index in [0.29, 0.717) is 12.5 Å². The highest BCUT2D eigenvalue weighted by Gasteiger charge is 2.41. The Hall–Kier alpha value is -2.76. The van der Waals surface area contributed by atoms with Crippen molar-refractivity contribution in [3.8, 4) is 0 Å². The topological polar surface area (TPSA) is 51.7 Å². The molecule has 2 aromatic carbocycles. The van der Waals surface area contributed by atoms with E-state index < -0.39 is 0 Å². The van der Waals surface area contributed by atoms with Gasteiger partial charge >= 0.3 is 0 Å². The summed E-state index contributed by atoms with van der Waals surface area (Å²) in [6.45, 7) is 3.78. The van der Waals surface area contributed by atoms with Crippen molar-refractivity contribution >= 4 is 16.8 Å². The summed E-state index contributed by atoms with van der Waals surface area (Å²) in [5.74, 6) is 0.738. The molecular formula is C28H32N2O3. The van der Waals surface area contributed by atoms with Crippen molar-refractivity contribution < 1.29 is 14.3 Å². The van der Waals surface area contributed by atoms with Crippen molar-refractivity contribution in [3.05, 3.63) is 78.0 Å². The van der Waals surface area contributed by atoms with Crippen LogP contribution in [0.3, 0.4) is 0 Å². The van der Waals surface area contributed by atoms with Crippen molar-refractivity contribution in [2.45, 2.75) is 44.3 Å². The van der Waals surface area contributed by atoms with Gasteiger partial charge in [-0.1, -0.05) is 36.4 Å². The van der Waals surface area contributed by atoms with E-state index in [0.717, 1.165) is 74.9 Å². The third-order valence-electron chi connectivity index (χ3n) is 7.19. The Kier molecular flexibility index (Phi) is 6.70. The maximum atomic E-state index is 13.1. The lowest BCUT2D eigenvalue weighted by Crippen LogP contribution is -2.50. The largest absolute Gasteiger partial charge is 0.377 e. The van der Waals surface area contributed by atoms with Crippen LogP contribution in [0.5, 0.6) is 0 Å². The quantitative estimate of drug-likeness (QED) is 0.488. The van der Waals surface area contributed by atoms with Gasteiger partial charge in [0.05, 0.1) is 17.7 Å². The number of hydrogen-bond donors (Lipinski definition) is 0. The fourth-order valence-electron chi connectivity index (χ4n) is 5.25. The first-order valence-corrected chi connectivity index (χ1v) is 12.1. The molecule has 1 atom stereocenters. The number of carbonyl (C=O) groups is 1. The minimum absolute atomic E-state index is 0.0770. The molecule has 0 radical (unpaired) electrons. The summed E-state index contributed by atoms with van der Waals surface area (Å²) >= 11 is 0. The standard InChI is InChI=1S/C28H32N2O3/c31-27(25-8-9-26-24(19-25)7-4-14-29-26)30-15-12-28(13-16-30)20-22(11-18-33-28)10-17-32-21-23-5-2-1-3-6-23/h1-9,14,19,22H,10-13,15-18,20-21H2. The molecule has 172 valence electrons. The molecule has 3 aromatic rings. The number of amides is 1. The summed E-state index contributed by atoms with van der Waals surface area (Å²) in [4.78, 5) is 19.5. The second kappa shape index (κ2) is 10.0. The highest BCUT2D eigenvalue weighted by atomic mass is 16.5. The van der Waals surface area contributed by atoms with E-state index >= 15 is 0 Å². The molecule has 0 bridgehead atoms. The molecule has 5 nitrogen and oxygen atoms in total. The van der Waals surface area contributed by atoms with Crippen LogP contribution in [0.15, 0.2) is 66.9 Å². The summed E-state index contributed by atoms with van der Waals surface area (Å²) in [7, 11) is 0. The number of nitrogens with zero attached hydrogens (tertiary/aromatic N) is 2. The van der Waals surface area contributed by atoms with Crippen LogP contribution in [0.2, 0.25) is 0 Å². The number of aromatic nitrogens is 1. The molecule has 2 aliphatic heterocycles. The van der Waals surface area contributed by atoms with Gasteiger partial charge in [0.25, 0.3) is 5.91 Å². The predicted molar refractivity (Wildman–Crippen MR) is 129 cm³/mol. The lowest BCUT2D eigenvalue weighted by atomic mass is 9.78. The van der Waals surface area contributed by atoms with Gasteiger partial charge in [-0.15, -0.1) is 0 Å². The second-order valence-corrected chi connectivity index (χ2v) is 9.42. The van der Waals surface area contributed by atoms with Crippen LogP contribution < -0.4 is 0 Å². The molecule has 5 heteroatoms. The highest BCUT2D eigenvalue weighted by Crippen LogP contribution is 2.39. The Morgan fingerprint density at radius 1 is 1.09 bits per heavy atom. The predicted octanol–water partition coefficient (Wildman–Crippen LogP) is 5.24. The summed E-state index contributed by atoms with van der Waals surface area (Å²) in [5, 5.41) is 1.00. The van der Waals surface area contributed by atoms with E-state index in [1.54, 1.807) is 6.20 Å². The zero-order valence-electron chi connectivity index (χ0n) is 19.1. The number of pyridine rings is 1. The molecule has 2 saturated heterocycles. The third kappa shape index (κ3) is 5.26. The van der Waals surface area contributed by atoms with Crippen molar-refractivity contribution in [3.63, 3.8) is 0 Å². The minimum Gasteiger partial charge on any atom is -0.377 e. The molecule has 5 rings (SSSR count). The molecular weight excluding hydrogens is 412 g/mol. The third-order valence-corrected chi connectivity index (χ3v) is 7.19. The van der Waals surface area contributed by atoms with Gasteiger partial charge in [-0.25, -0.2) is 0 Å². The normalized spacial score (nSPS) is 20.2. The van der Waals surface area contributed by atoms with Gasteiger partial charge in [0.15, 0.2) is 0 Å². The van der Waals surface area contributed by atoms with Crippen LogP contribution in [-0.2, 0) is 16.1 Å². The van der Waals surface area contributed by atoms with Crippen LogP contribution in [0, 0.1) is 5.92 Å².